The Balaban J connectivity index is 2.44. The van der Waals surface area contributed by atoms with Gasteiger partial charge in [0.2, 0.25) is 0 Å². The molecule has 1 rings (SSSR count). The average Bonchev–Trinajstić information content (AvgIpc) is 2.65. The summed E-state index contributed by atoms with van der Waals surface area (Å²) in [6.07, 6.45) is 5.71. The smallest absolute Gasteiger partial charge is 0.151 e. The van der Waals surface area contributed by atoms with Crippen LogP contribution in [0, 0.1) is 0 Å². The number of rotatable bonds is 8. The number of unbranched alkanes of at least 4 members (excludes halogenated alkanes) is 1. The Bertz CT molecular complexity index is 322. The molecule has 0 saturated carbocycles. The normalized spacial score (nSPS) is 12.9. The molecule has 98 valence electrons. The topological polar surface area (TPSA) is 40.7 Å². The molecule has 0 fully saturated rings. The molecule has 0 bridgehead atoms. The van der Waals surface area contributed by atoms with Gasteiger partial charge in [0.1, 0.15) is 5.82 Å². The van der Waals surface area contributed by atoms with Crippen molar-refractivity contribution in [2.75, 3.05) is 0 Å². The molecule has 1 aromatic rings. The molecule has 3 nitrogen and oxygen atoms in total. The Labute approximate surface area is 109 Å². The lowest BCUT2D eigenvalue weighted by atomic mass is 10.2. The third-order valence-corrected chi connectivity index (χ3v) is 3.21. The number of aromatic nitrogens is 2. The van der Waals surface area contributed by atoms with Gasteiger partial charge in [0.15, 0.2) is 5.15 Å². The summed E-state index contributed by atoms with van der Waals surface area (Å²) in [7, 11) is 0. The number of imidazole rings is 1. The van der Waals surface area contributed by atoms with Gasteiger partial charge in [0, 0.05) is 19.0 Å². The van der Waals surface area contributed by atoms with Crippen LogP contribution in [0.15, 0.2) is 0 Å². The fourth-order valence-electron chi connectivity index (χ4n) is 1.83. The third kappa shape index (κ3) is 5.09. The molecule has 0 saturated heterocycles. The molecule has 0 aliphatic heterocycles. The molecule has 0 aliphatic rings. The van der Waals surface area contributed by atoms with E-state index in [0.717, 1.165) is 30.9 Å². The number of nitrogens with one attached hydrogen (secondary N) is 2. The molecule has 1 heterocycles. The first-order chi connectivity index (χ1) is 8.17. The highest BCUT2D eigenvalue weighted by molar-refractivity contribution is 6.30. The number of aromatic amines is 1. The van der Waals surface area contributed by atoms with Crippen LogP contribution < -0.4 is 5.32 Å². The van der Waals surface area contributed by atoms with E-state index in [-0.39, 0.29) is 0 Å². The van der Waals surface area contributed by atoms with E-state index in [1.807, 2.05) is 0 Å². The molecule has 2 N–H and O–H groups in total. The molecule has 17 heavy (non-hydrogen) atoms. The summed E-state index contributed by atoms with van der Waals surface area (Å²) in [5, 5.41) is 4.07. The zero-order chi connectivity index (χ0) is 12.7. The van der Waals surface area contributed by atoms with Crippen molar-refractivity contribution in [1.29, 1.82) is 0 Å². The molecular formula is C13H24ClN3. The molecule has 0 aromatic carbocycles. The molecule has 1 unspecified atom stereocenters. The maximum atomic E-state index is 6.10. The van der Waals surface area contributed by atoms with Crippen molar-refractivity contribution in [3.63, 3.8) is 0 Å². The molecule has 0 amide bonds. The number of nitrogens with zero attached hydrogens (tertiary/aromatic N) is 1. The molecular weight excluding hydrogens is 234 g/mol. The molecule has 0 radical (unpaired) electrons. The highest BCUT2D eigenvalue weighted by atomic mass is 35.5. The van der Waals surface area contributed by atoms with Crippen LogP contribution in [0.25, 0.3) is 0 Å². The summed E-state index contributed by atoms with van der Waals surface area (Å²) in [6.45, 7) is 7.36. The standard InChI is InChI=1S/C13H24ClN3/c1-4-6-8-12-16-11(13(14)17-12)9-15-10(3)7-5-2/h10,15H,4-9H2,1-3H3,(H,16,17). The SMILES string of the molecule is CCCCc1nc(Cl)c(CNC(C)CCC)[nH]1. The Hall–Kier alpha value is -0.540. The zero-order valence-corrected chi connectivity index (χ0v) is 11.9. The fraction of sp³-hybridized carbons (Fsp3) is 0.769. The summed E-state index contributed by atoms with van der Waals surface area (Å²) < 4.78 is 0. The molecule has 1 atom stereocenters. The number of halogens is 1. The van der Waals surface area contributed by atoms with Gasteiger partial charge in [0.05, 0.1) is 5.69 Å². The van der Waals surface area contributed by atoms with E-state index in [1.54, 1.807) is 0 Å². The van der Waals surface area contributed by atoms with Crippen LogP contribution >= 0.6 is 11.6 Å². The third-order valence-electron chi connectivity index (χ3n) is 2.89. The first-order valence-corrected chi connectivity index (χ1v) is 7.01. The van der Waals surface area contributed by atoms with E-state index in [1.165, 1.54) is 19.3 Å². The Morgan fingerprint density at radius 3 is 2.76 bits per heavy atom. The van der Waals surface area contributed by atoms with Crippen LogP contribution in [0.1, 0.15) is 58.0 Å². The first-order valence-electron chi connectivity index (χ1n) is 6.64. The molecule has 0 spiro atoms. The average molecular weight is 258 g/mol. The summed E-state index contributed by atoms with van der Waals surface area (Å²) in [5.41, 5.74) is 1.01. The lowest BCUT2D eigenvalue weighted by Crippen LogP contribution is -2.25. The van der Waals surface area contributed by atoms with E-state index in [9.17, 15) is 0 Å². The molecule has 1 aromatic heterocycles. The van der Waals surface area contributed by atoms with Gasteiger partial charge in [-0.15, -0.1) is 0 Å². The number of hydrogen-bond donors (Lipinski definition) is 2. The summed E-state index contributed by atoms with van der Waals surface area (Å²) in [6, 6.07) is 0.526. The van der Waals surface area contributed by atoms with Crippen molar-refractivity contribution in [2.45, 2.75) is 65.5 Å². The van der Waals surface area contributed by atoms with Crippen molar-refractivity contribution in [2.24, 2.45) is 0 Å². The van der Waals surface area contributed by atoms with Gasteiger partial charge in [-0.25, -0.2) is 4.98 Å². The van der Waals surface area contributed by atoms with Crippen LogP contribution in [0.2, 0.25) is 5.15 Å². The molecule has 0 aliphatic carbocycles. The van der Waals surface area contributed by atoms with Crippen LogP contribution in [-0.2, 0) is 13.0 Å². The zero-order valence-electron chi connectivity index (χ0n) is 11.1. The predicted molar refractivity (Wildman–Crippen MR) is 73.4 cm³/mol. The minimum Gasteiger partial charge on any atom is -0.344 e. The minimum absolute atomic E-state index is 0.526. The van der Waals surface area contributed by atoms with Crippen molar-refractivity contribution >= 4 is 11.6 Å². The highest BCUT2D eigenvalue weighted by Gasteiger charge is 2.08. The van der Waals surface area contributed by atoms with E-state index >= 15 is 0 Å². The predicted octanol–water partition coefficient (Wildman–Crippen LogP) is 3.68. The number of H-pyrrole nitrogens is 1. The van der Waals surface area contributed by atoms with E-state index in [0.29, 0.717) is 11.2 Å². The Morgan fingerprint density at radius 2 is 2.12 bits per heavy atom. The summed E-state index contributed by atoms with van der Waals surface area (Å²) in [5.74, 6) is 1.01. The van der Waals surface area contributed by atoms with Gasteiger partial charge in [-0.2, -0.15) is 0 Å². The second-order valence-corrected chi connectivity index (χ2v) is 4.99. The van der Waals surface area contributed by atoms with Crippen molar-refractivity contribution in [3.05, 3.63) is 16.7 Å². The quantitative estimate of drug-likeness (QED) is 0.746. The lowest BCUT2D eigenvalue weighted by Gasteiger charge is -2.11. The lowest BCUT2D eigenvalue weighted by molar-refractivity contribution is 0.505. The van der Waals surface area contributed by atoms with E-state index < -0.39 is 0 Å². The van der Waals surface area contributed by atoms with E-state index in [4.69, 9.17) is 11.6 Å². The van der Waals surface area contributed by atoms with Gasteiger partial charge in [0.25, 0.3) is 0 Å². The van der Waals surface area contributed by atoms with Gasteiger partial charge in [-0.3, -0.25) is 0 Å². The van der Waals surface area contributed by atoms with E-state index in [2.05, 4.69) is 36.1 Å². The second-order valence-electron chi connectivity index (χ2n) is 4.63. The van der Waals surface area contributed by atoms with Crippen LogP contribution in [-0.4, -0.2) is 16.0 Å². The van der Waals surface area contributed by atoms with Crippen LogP contribution in [0.3, 0.4) is 0 Å². The van der Waals surface area contributed by atoms with Crippen molar-refractivity contribution < 1.29 is 0 Å². The van der Waals surface area contributed by atoms with Crippen LogP contribution in [0.4, 0.5) is 0 Å². The molecule has 4 heteroatoms. The Kier molecular flexibility index (Phi) is 6.60. The minimum atomic E-state index is 0.526. The Morgan fingerprint density at radius 1 is 1.35 bits per heavy atom. The second kappa shape index (κ2) is 7.72. The number of aryl methyl sites for hydroxylation is 1. The largest absolute Gasteiger partial charge is 0.344 e. The van der Waals surface area contributed by atoms with Gasteiger partial charge >= 0.3 is 0 Å². The van der Waals surface area contributed by atoms with Gasteiger partial charge in [-0.05, 0) is 19.8 Å². The van der Waals surface area contributed by atoms with Crippen LogP contribution in [0.5, 0.6) is 0 Å². The van der Waals surface area contributed by atoms with Gasteiger partial charge in [-0.1, -0.05) is 38.3 Å². The summed E-state index contributed by atoms with van der Waals surface area (Å²) >= 11 is 6.10. The fourth-order valence-corrected chi connectivity index (χ4v) is 2.05. The first kappa shape index (κ1) is 14.5. The maximum Gasteiger partial charge on any atom is 0.151 e. The van der Waals surface area contributed by atoms with Crippen molar-refractivity contribution in [3.8, 4) is 0 Å². The monoisotopic (exact) mass is 257 g/mol. The van der Waals surface area contributed by atoms with Crippen molar-refractivity contribution in [1.82, 2.24) is 15.3 Å². The maximum absolute atomic E-state index is 6.10. The summed E-state index contributed by atoms with van der Waals surface area (Å²) in [4.78, 5) is 7.65. The number of hydrogen-bond acceptors (Lipinski definition) is 2. The van der Waals surface area contributed by atoms with Gasteiger partial charge < -0.3 is 10.3 Å². The highest BCUT2D eigenvalue weighted by Crippen LogP contribution is 2.14.